The number of hydrogen-bond acceptors (Lipinski definition) is 5. The summed E-state index contributed by atoms with van der Waals surface area (Å²) >= 11 is 0. The number of carboxylic acid groups (broad SMARTS) is 1. The molecule has 0 saturated heterocycles. The van der Waals surface area contributed by atoms with E-state index in [9.17, 15) is 4.79 Å². The van der Waals surface area contributed by atoms with Crippen LogP contribution >= 0.6 is 0 Å². The number of anilines is 1. The summed E-state index contributed by atoms with van der Waals surface area (Å²) in [5, 5.41) is 12.1. The van der Waals surface area contributed by atoms with Gasteiger partial charge in [-0.3, -0.25) is 4.98 Å². The molecule has 2 heterocycles. The minimum atomic E-state index is -1.05. The molecule has 21 heavy (non-hydrogen) atoms. The third kappa shape index (κ3) is 2.69. The van der Waals surface area contributed by atoms with Crippen LogP contribution in [0.3, 0.4) is 0 Å². The molecule has 0 bridgehead atoms. The summed E-state index contributed by atoms with van der Waals surface area (Å²) < 4.78 is 0. The summed E-state index contributed by atoms with van der Waals surface area (Å²) in [6.07, 6.45) is 6.56. The predicted molar refractivity (Wildman–Crippen MR) is 77.2 cm³/mol. The first-order valence-corrected chi connectivity index (χ1v) is 6.91. The number of hydrogen-bond donors (Lipinski definition) is 2. The zero-order valence-corrected chi connectivity index (χ0v) is 11.5. The number of aromatic carboxylic acids is 1. The molecule has 6 heteroatoms. The topological polar surface area (TPSA) is 88.0 Å². The quantitative estimate of drug-likeness (QED) is 0.874. The number of nitrogens with zero attached hydrogens (tertiary/aromatic N) is 3. The van der Waals surface area contributed by atoms with E-state index in [0.29, 0.717) is 12.5 Å². The Kier molecular flexibility index (Phi) is 3.51. The van der Waals surface area contributed by atoms with Gasteiger partial charge in [0.15, 0.2) is 5.69 Å². The highest BCUT2D eigenvalue weighted by Gasteiger charge is 2.39. The summed E-state index contributed by atoms with van der Waals surface area (Å²) in [5.74, 6) is -0.708. The maximum absolute atomic E-state index is 10.9. The Hall–Kier alpha value is -2.50. The summed E-state index contributed by atoms with van der Waals surface area (Å²) in [6, 6.07) is 7.31. The zero-order valence-electron chi connectivity index (χ0n) is 11.5. The van der Waals surface area contributed by atoms with Crippen LogP contribution in [0.2, 0.25) is 0 Å². The molecule has 1 aliphatic carbocycles. The van der Waals surface area contributed by atoms with Crippen LogP contribution < -0.4 is 5.32 Å². The van der Waals surface area contributed by atoms with Gasteiger partial charge in [-0.15, -0.1) is 0 Å². The monoisotopic (exact) mass is 284 g/mol. The summed E-state index contributed by atoms with van der Waals surface area (Å²) in [4.78, 5) is 23.4. The predicted octanol–water partition coefficient (Wildman–Crippen LogP) is 2.10. The smallest absolute Gasteiger partial charge is 0.354 e. The third-order valence-corrected chi connectivity index (χ3v) is 3.98. The van der Waals surface area contributed by atoms with Crippen LogP contribution in [-0.2, 0) is 5.41 Å². The Morgan fingerprint density at radius 1 is 1.24 bits per heavy atom. The molecular formula is C15H16N4O2. The van der Waals surface area contributed by atoms with Gasteiger partial charge in [-0.2, -0.15) is 0 Å². The number of aromatic nitrogens is 3. The van der Waals surface area contributed by atoms with E-state index in [4.69, 9.17) is 5.11 Å². The molecule has 108 valence electrons. The molecular weight excluding hydrogens is 268 g/mol. The summed E-state index contributed by atoms with van der Waals surface area (Å²) in [5.41, 5.74) is 1.07. The fourth-order valence-corrected chi connectivity index (χ4v) is 2.61. The van der Waals surface area contributed by atoms with Crippen LogP contribution in [0, 0.1) is 0 Å². The molecule has 1 fully saturated rings. The minimum absolute atomic E-state index is 0.00382. The van der Waals surface area contributed by atoms with Crippen molar-refractivity contribution >= 4 is 11.9 Å². The Bertz CT molecular complexity index is 641. The van der Waals surface area contributed by atoms with Crippen LogP contribution in [0.4, 0.5) is 5.95 Å². The molecule has 1 aliphatic rings. The van der Waals surface area contributed by atoms with Crippen molar-refractivity contribution in [3.05, 3.63) is 48.0 Å². The number of carbonyl (C=O) groups is 1. The molecule has 2 aromatic heterocycles. The SMILES string of the molecule is O=C(O)c1ccnc(NCC2(c3ccccn3)CCC2)n1. The van der Waals surface area contributed by atoms with Gasteiger partial charge in [0.25, 0.3) is 0 Å². The number of nitrogens with one attached hydrogen (secondary N) is 1. The first-order valence-electron chi connectivity index (χ1n) is 6.91. The molecule has 0 aromatic carbocycles. The molecule has 0 atom stereocenters. The normalized spacial score (nSPS) is 16.0. The zero-order chi connectivity index (χ0) is 14.7. The van der Waals surface area contributed by atoms with E-state index in [1.54, 1.807) is 6.20 Å². The van der Waals surface area contributed by atoms with Crippen molar-refractivity contribution in [2.45, 2.75) is 24.7 Å². The molecule has 0 radical (unpaired) electrons. The van der Waals surface area contributed by atoms with Gasteiger partial charge in [-0.1, -0.05) is 12.5 Å². The van der Waals surface area contributed by atoms with Crippen molar-refractivity contribution in [1.82, 2.24) is 15.0 Å². The van der Waals surface area contributed by atoms with Crippen molar-refractivity contribution < 1.29 is 9.90 Å². The second kappa shape index (κ2) is 5.47. The Labute approximate surface area is 122 Å². The highest BCUT2D eigenvalue weighted by molar-refractivity contribution is 5.85. The van der Waals surface area contributed by atoms with Crippen molar-refractivity contribution in [1.29, 1.82) is 0 Å². The van der Waals surface area contributed by atoms with Crippen LogP contribution in [0.1, 0.15) is 35.4 Å². The Balaban J connectivity index is 1.74. The number of pyridine rings is 1. The lowest BCUT2D eigenvalue weighted by atomic mass is 9.66. The molecule has 3 rings (SSSR count). The van der Waals surface area contributed by atoms with Crippen molar-refractivity contribution in [3.63, 3.8) is 0 Å². The summed E-state index contributed by atoms with van der Waals surface area (Å²) in [7, 11) is 0. The van der Waals surface area contributed by atoms with E-state index < -0.39 is 5.97 Å². The highest BCUT2D eigenvalue weighted by atomic mass is 16.4. The van der Waals surface area contributed by atoms with Gasteiger partial charge in [0.2, 0.25) is 5.95 Å². The Morgan fingerprint density at radius 3 is 2.71 bits per heavy atom. The van der Waals surface area contributed by atoms with Crippen LogP contribution in [0.5, 0.6) is 0 Å². The maximum Gasteiger partial charge on any atom is 0.354 e. The number of rotatable bonds is 5. The van der Waals surface area contributed by atoms with Crippen LogP contribution in [0.15, 0.2) is 36.7 Å². The average Bonchev–Trinajstić information content (AvgIpc) is 2.47. The number of carboxylic acids is 1. The second-order valence-corrected chi connectivity index (χ2v) is 5.27. The standard InChI is InChI=1S/C15H16N4O2/c20-13(21)11-5-9-17-14(19-11)18-10-15(6-3-7-15)12-4-1-2-8-16-12/h1-2,4-5,8-9H,3,6-7,10H2,(H,20,21)(H,17,18,19). The lowest BCUT2D eigenvalue weighted by Crippen LogP contribution is -2.41. The molecule has 0 aliphatic heterocycles. The summed E-state index contributed by atoms with van der Waals surface area (Å²) in [6.45, 7) is 0.660. The van der Waals surface area contributed by atoms with Crippen molar-refractivity contribution in [2.75, 3.05) is 11.9 Å². The fourth-order valence-electron chi connectivity index (χ4n) is 2.61. The van der Waals surface area contributed by atoms with Gasteiger partial charge >= 0.3 is 5.97 Å². The Morgan fingerprint density at radius 2 is 2.10 bits per heavy atom. The van der Waals surface area contributed by atoms with E-state index in [1.165, 1.54) is 18.7 Å². The van der Waals surface area contributed by atoms with E-state index >= 15 is 0 Å². The molecule has 0 spiro atoms. The van der Waals surface area contributed by atoms with Gasteiger partial charge < -0.3 is 10.4 Å². The lowest BCUT2D eigenvalue weighted by molar-refractivity contribution is 0.0690. The van der Waals surface area contributed by atoms with Gasteiger partial charge in [0, 0.05) is 30.0 Å². The molecule has 6 nitrogen and oxygen atoms in total. The molecule has 1 saturated carbocycles. The molecule has 2 aromatic rings. The van der Waals surface area contributed by atoms with Gasteiger partial charge in [-0.25, -0.2) is 14.8 Å². The van der Waals surface area contributed by atoms with E-state index in [1.807, 2.05) is 18.2 Å². The van der Waals surface area contributed by atoms with Gasteiger partial charge in [0.1, 0.15) is 0 Å². The first-order chi connectivity index (χ1) is 10.2. The average molecular weight is 284 g/mol. The first kappa shape index (κ1) is 13.5. The van der Waals surface area contributed by atoms with Crippen LogP contribution in [-0.4, -0.2) is 32.6 Å². The van der Waals surface area contributed by atoms with E-state index in [0.717, 1.165) is 18.5 Å². The largest absolute Gasteiger partial charge is 0.477 e. The molecule has 2 N–H and O–H groups in total. The van der Waals surface area contributed by atoms with Crippen molar-refractivity contribution in [3.8, 4) is 0 Å². The fraction of sp³-hybridized carbons (Fsp3) is 0.333. The molecule has 0 unspecified atom stereocenters. The van der Waals surface area contributed by atoms with Gasteiger partial charge in [-0.05, 0) is 31.0 Å². The highest BCUT2D eigenvalue weighted by Crippen LogP contribution is 2.42. The maximum atomic E-state index is 10.9. The van der Waals surface area contributed by atoms with E-state index in [-0.39, 0.29) is 11.1 Å². The van der Waals surface area contributed by atoms with Crippen LogP contribution in [0.25, 0.3) is 0 Å². The third-order valence-electron chi connectivity index (χ3n) is 3.98. The minimum Gasteiger partial charge on any atom is -0.477 e. The second-order valence-electron chi connectivity index (χ2n) is 5.27. The lowest BCUT2D eigenvalue weighted by Gasteiger charge is -2.41. The molecule has 0 amide bonds. The van der Waals surface area contributed by atoms with Gasteiger partial charge in [0.05, 0.1) is 0 Å². The van der Waals surface area contributed by atoms with E-state index in [2.05, 4.69) is 20.3 Å². The van der Waals surface area contributed by atoms with Crippen molar-refractivity contribution in [2.24, 2.45) is 0 Å².